The molecule has 6 nitrogen and oxygen atoms in total. The highest BCUT2D eigenvalue weighted by Crippen LogP contribution is 2.29. The van der Waals surface area contributed by atoms with Crippen LogP contribution in [0.2, 0.25) is 5.02 Å². The molecule has 2 N–H and O–H groups in total. The molecule has 0 radical (unpaired) electrons. The van der Waals surface area contributed by atoms with Crippen molar-refractivity contribution < 1.29 is 9.59 Å². The van der Waals surface area contributed by atoms with Crippen LogP contribution in [-0.4, -0.2) is 27.6 Å². The molecule has 1 aromatic heterocycles. The number of halogens is 1. The summed E-state index contributed by atoms with van der Waals surface area (Å²) in [6.07, 6.45) is 4.65. The van der Waals surface area contributed by atoms with Gasteiger partial charge in [-0.25, -0.2) is 0 Å². The van der Waals surface area contributed by atoms with Gasteiger partial charge in [0.15, 0.2) is 0 Å². The number of amides is 2. The van der Waals surface area contributed by atoms with Crippen LogP contribution in [0.5, 0.6) is 0 Å². The maximum atomic E-state index is 12.5. The smallest absolute Gasteiger partial charge is 0.253 e. The molecule has 3 rings (SSSR count). The van der Waals surface area contributed by atoms with Gasteiger partial charge < -0.3 is 10.6 Å². The van der Waals surface area contributed by atoms with Crippen LogP contribution in [0.1, 0.15) is 47.4 Å². The Kier molecular flexibility index (Phi) is 5.08. The minimum Gasteiger partial charge on any atom is -0.347 e. The summed E-state index contributed by atoms with van der Waals surface area (Å²) in [5.74, 6) is -0.582. The van der Waals surface area contributed by atoms with Crippen LogP contribution < -0.4 is 10.6 Å². The van der Waals surface area contributed by atoms with Gasteiger partial charge in [-0.1, -0.05) is 23.7 Å². The SMILES string of the molecule is C[C@@H](NC(=O)c1ccccc1Cl)C(=O)N[C@@H]1CCCc2c1cnn2C. The number of nitrogens with zero attached hydrogens (tertiary/aromatic N) is 2. The van der Waals surface area contributed by atoms with Crippen LogP contribution in [0.3, 0.4) is 0 Å². The molecule has 1 aliphatic rings. The highest BCUT2D eigenvalue weighted by molar-refractivity contribution is 6.33. The number of hydrogen-bond acceptors (Lipinski definition) is 3. The van der Waals surface area contributed by atoms with E-state index in [0.717, 1.165) is 30.5 Å². The predicted molar refractivity (Wildman–Crippen MR) is 95.4 cm³/mol. The van der Waals surface area contributed by atoms with Gasteiger partial charge in [0.1, 0.15) is 6.04 Å². The van der Waals surface area contributed by atoms with Crippen molar-refractivity contribution in [2.75, 3.05) is 0 Å². The number of aryl methyl sites for hydroxylation is 1. The first-order valence-electron chi connectivity index (χ1n) is 8.34. The lowest BCUT2D eigenvalue weighted by molar-refractivity contribution is -0.123. The van der Waals surface area contributed by atoms with E-state index in [4.69, 9.17) is 11.6 Å². The Morgan fingerprint density at radius 3 is 2.88 bits per heavy atom. The number of carbonyl (C=O) groups excluding carboxylic acids is 2. The van der Waals surface area contributed by atoms with Gasteiger partial charge in [-0.15, -0.1) is 0 Å². The van der Waals surface area contributed by atoms with Crippen LogP contribution in [0.15, 0.2) is 30.5 Å². The van der Waals surface area contributed by atoms with E-state index in [9.17, 15) is 9.59 Å². The van der Waals surface area contributed by atoms with Crippen LogP contribution >= 0.6 is 11.6 Å². The number of nitrogens with one attached hydrogen (secondary N) is 2. The van der Waals surface area contributed by atoms with Crippen LogP contribution in [-0.2, 0) is 18.3 Å². The predicted octanol–water partition coefficient (Wildman–Crippen LogP) is 2.39. The van der Waals surface area contributed by atoms with E-state index in [-0.39, 0.29) is 17.9 Å². The van der Waals surface area contributed by atoms with E-state index in [2.05, 4.69) is 15.7 Å². The Hall–Kier alpha value is -2.34. The molecule has 7 heteroatoms. The summed E-state index contributed by atoms with van der Waals surface area (Å²) < 4.78 is 1.86. The van der Waals surface area contributed by atoms with Crippen molar-refractivity contribution in [3.8, 4) is 0 Å². The molecule has 0 saturated heterocycles. The lowest BCUT2D eigenvalue weighted by atomic mass is 9.93. The lowest BCUT2D eigenvalue weighted by Crippen LogP contribution is -2.46. The molecule has 0 saturated carbocycles. The summed E-state index contributed by atoms with van der Waals surface area (Å²) in [5, 5.41) is 10.4. The normalized spacial score (nSPS) is 17.5. The summed E-state index contributed by atoms with van der Waals surface area (Å²) in [7, 11) is 1.91. The zero-order valence-electron chi connectivity index (χ0n) is 14.3. The van der Waals surface area contributed by atoms with Gasteiger partial charge in [-0.2, -0.15) is 5.10 Å². The van der Waals surface area contributed by atoms with Crippen molar-refractivity contribution >= 4 is 23.4 Å². The summed E-state index contributed by atoms with van der Waals surface area (Å²) in [6, 6.07) is 6.04. The maximum absolute atomic E-state index is 12.5. The minimum absolute atomic E-state index is 0.0652. The number of hydrogen-bond donors (Lipinski definition) is 2. The quantitative estimate of drug-likeness (QED) is 0.879. The Balaban J connectivity index is 1.64. The van der Waals surface area contributed by atoms with Gasteiger partial charge in [0.2, 0.25) is 5.91 Å². The second-order valence-electron chi connectivity index (χ2n) is 6.30. The van der Waals surface area contributed by atoms with E-state index in [0.29, 0.717) is 10.6 Å². The molecule has 0 bridgehead atoms. The molecule has 0 unspecified atom stereocenters. The molecular weight excluding hydrogens is 340 g/mol. The van der Waals surface area contributed by atoms with Gasteiger partial charge in [0.05, 0.1) is 22.8 Å². The first-order valence-corrected chi connectivity index (χ1v) is 8.71. The average Bonchev–Trinajstić information content (AvgIpc) is 2.97. The molecule has 132 valence electrons. The number of fused-ring (bicyclic) bond motifs is 1. The van der Waals surface area contributed by atoms with Crippen molar-refractivity contribution in [1.29, 1.82) is 0 Å². The van der Waals surface area contributed by atoms with Crippen molar-refractivity contribution in [3.63, 3.8) is 0 Å². The fraction of sp³-hybridized carbons (Fsp3) is 0.389. The second kappa shape index (κ2) is 7.27. The highest BCUT2D eigenvalue weighted by Gasteiger charge is 2.27. The summed E-state index contributed by atoms with van der Waals surface area (Å²) in [4.78, 5) is 24.8. The largest absolute Gasteiger partial charge is 0.347 e. The number of aromatic nitrogens is 2. The Bertz CT molecular complexity index is 802. The Labute approximate surface area is 151 Å². The highest BCUT2D eigenvalue weighted by atomic mass is 35.5. The minimum atomic E-state index is -0.661. The Morgan fingerprint density at radius 2 is 2.12 bits per heavy atom. The van der Waals surface area contributed by atoms with Crippen molar-refractivity contribution in [3.05, 3.63) is 52.3 Å². The van der Waals surface area contributed by atoms with Gasteiger partial charge >= 0.3 is 0 Å². The molecule has 0 aliphatic heterocycles. The second-order valence-corrected chi connectivity index (χ2v) is 6.71. The third kappa shape index (κ3) is 3.69. The number of benzene rings is 1. The molecule has 1 aliphatic carbocycles. The van der Waals surface area contributed by atoms with Crippen LogP contribution in [0.25, 0.3) is 0 Å². The average molecular weight is 361 g/mol. The number of rotatable bonds is 4. The van der Waals surface area contributed by atoms with E-state index < -0.39 is 6.04 Å². The molecule has 25 heavy (non-hydrogen) atoms. The van der Waals surface area contributed by atoms with Gasteiger partial charge in [-0.3, -0.25) is 14.3 Å². The third-order valence-corrected chi connectivity index (χ3v) is 4.88. The van der Waals surface area contributed by atoms with E-state index in [1.54, 1.807) is 31.2 Å². The third-order valence-electron chi connectivity index (χ3n) is 4.55. The molecule has 1 heterocycles. The summed E-state index contributed by atoms with van der Waals surface area (Å²) in [5.41, 5.74) is 2.58. The zero-order valence-corrected chi connectivity index (χ0v) is 15.0. The molecule has 0 fully saturated rings. The summed E-state index contributed by atoms with van der Waals surface area (Å²) in [6.45, 7) is 1.66. The van der Waals surface area contributed by atoms with Crippen LogP contribution in [0.4, 0.5) is 0 Å². The zero-order chi connectivity index (χ0) is 18.0. The fourth-order valence-electron chi connectivity index (χ4n) is 3.14. The molecule has 0 spiro atoms. The van der Waals surface area contributed by atoms with E-state index >= 15 is 0 Å². The number of carbonyl (C=O) groups is 2. The topological polar surface area (TPSA) is 76.0 Å². The van der Waals surface area contributed by atoms with Crippen LogP contribution in [0, 0.1) is 0 Å². The first-order chi connectivity index (χ1) is 12.0. The van der Waals surface area contributed by atoms with E-state index in [1.165, 1.54) is 0 Å². The van der Waals surface area contributed by atoms with Crippen molar-refractivity contribution in [2.24, 2.45) is 7.05 Å². The maximum Gasteiger partial charge on any atom is 0.253 e. The fourth-order valence-corrected chi connectivity index (χ4v) is 3.36. The Morgan fingerprint density at radius 1 is 1.36 bits per heavy atom. The molecule has 2 atom stereocenters. The molecule has 1 aromatic carbocycles. The molecule has 2 amide bonds. The molecular formula is C18H21ClN4O2. The van der Waals surface area contributed by atoms with Gasteiger partial charge in [0.25, 0.3) is 5.91 Å². The van der Waals surface area contributed by atoms with Crippen molar-refractivity contribution in [2.45, 2.75) is 38.3 Å². The monoisotopic (exact) mass is 360 g/mol. The van der Waals surface area contributed by atoms with Crippen molar-refractivity contribution in [1.82, 2.24) is 20.4 Å². The lowest BCUT2D eigenvalue weighted by Gasteiger charge is -2.25. The van der Waals surface area contributed by atoms with Gasteiger partial charge in [0, 0.05) is 18.3 Å². The first kappa shape index (κ1) is 17.5. The van der Waals surface area contributed by atoms with E-state index in [1.807, 2.05) is 17.9 Å². The van der Waals surface area contributed by atoms with Gasteiger partial charge in [-0.05, 0) is 38.3 Å². The molecule has 2 aromatic rings. The summed E-state index contributed by atoms with van der Waals surface area (Å²) >= 11 is 6.03. The standard InChI is InChI=1S/C18H21ClN4O2/c1-11(21-18(25)12-6-3-4-7-14(12)19)17(24)22-15-8-5-9-16-13(15)10-20-23(16)2/h3-4,6-7,10-11,15H,5,8-9H2,1-2H3,(H,21,25)(H,22,24)/t11-,15-/m1/s1.